The second-order valence-corrected chi connectivity index (χ2v) is 7.32. The third kappa shape index (κ3) is 5.13. The molecule has 1 unspecified atom stereocenters. The van der Waals surface area contributed by atoms with E-state index in [1.165, 1.54) is 7.11 Å². The molecular weight excluding hydrogens is 340 g/mol. The average Bonchev–Trinajstić information content (AvgIpc) is 2.54. The predicted molar refractivity (Wildman–Crippen MR) is 98.9 cm³/mol. The van der Waals surface area contributed by atoms with Crippen molar-refractivity contribution in [1.29, 1.82) is 0 Å². The van der Waals surface area contributed by atoms with E-state index in [1.807, 2.05) is 12.1 Å². The van der Waals surface area contributed by atoms with Gasteiger partial charge < -0.3 is 14.6 Å². The average molecular weight is 363 g/mol. The van der Waals surface area contributed by atoms with Gasteiger partial charge in [-0.1, -0.05) is 44.5 Å². The molecule has 0 saturated heterocycles. The normalized spacial score (nSPS) is 12.5. The maximum atomic E-state index is 11.6. The van der Waals surface area contributed by atoms with Gasteiger partial charge in [0.2, 0.25) is 0 Å². The van der Waals surface area contributed by atoms with Gasteiger partial charge in [-0.15, -0.1) is 0 Å². The van der Waals surface area contributed by atoms with Gasteiger partial charge in [-0.05, 0) is 46.9 Å². The second kappa shape index (κ2) is 7.79. The lowest BCUT2D eigenvalue weighted by atomic mass is 9.87. The molecule has 0 heterocycles. The van der Waals surface area contributed by atoms with E-state index in [4.69, 9.17) is 21.1 Å². The van der Waals surface area contributed by atoms with Crippen LogP contribution in [0.4, 0.5) is 0 Å². The summed E-state index contributed by atoms with van der Waals surface area (Å²) in [6.07, 6.45) is -0.882. The van der Waals surface area contributed by atoms with Gasteiger partial charge in [0.05, 0.1) is 7.11 Å². The van der Waals surface area contributed by atoms with E-state index in [-0.39, 0.29) is 11.8 Å². The fourth-order valence-corrected chi connectivity index (χ4v) is 2.68. The van der Waals surface area contributed by atoms with Crippen LogP contribution in [0.2, 0.25) is 5.02 Å². The number of aliphatic carboxylic acids is 1. The van der Waals surface area contributed by atoms with Gasteiger partial charge in [0.15, 0.2) is 6.10 Å². The summed E-state index contributed by atoms with van der Waals surface area (Å²) in [6.45, 7) is 6.36. The van der Waals surface area contributed by atoms with Crippen molar-refractivity contribution in [2.45, 2.75) is 38.7 Å². The van der Waals surface area contributed by atoms with Crippen LogP contribution in [-0.4, -0.2) is 24.3 Å². The Morgan fingerprint density at radius 1 is 1.16 bits per heavy atom. The zero-order valence-electron chi connectivity index (χ0n) is 14.9. The number of ether oxygens (including phenoxy) is 2. The molecule has 0 aliphatic carbocycles. The van der Waals surface area contributed by atoms with Crippen molar-refractivity contribution < 1.29 is 19.4 Å². The smallest absolute Gasteiger partial charge is 0.345 e. The molecule has 134 valence electrons. The molecule has 2 aromatic carbocycles. The Bertz CT molecular complexity index is 732. The SMILES string of the molecule is COc1ccc(Cl)cc1CC(Oc1ccc(C(C)(C)C)cc1)C(=O)O. The molecule has 1 atom stereocenters. The van der Waals surface area contributed by atoms with E-state index in [9.17, 15) is 9.90 Å². The van der Waals surface area contributed by atoms with Crippen LogP contribution in [-0.2, 0) is 16.6 Å². The number of rotatable bonds is 6. The maximum Gasteiger partial charge on any atom is 0.345 e. The van der Waals surface area contributed by atoms with E-state index in [0.29, 0.717) is 22.1 Å². The molecule has 0 amide bonds. The molecule has 0 aliphatic rings. The van der Waals surface area contributed by atoms with Crippen LogP contribution in [0.15, 0.2) is 42.5 Å². The lowest BCUT2D eigenvalue weighted by Crippen LogP contribution is -2.29. The van der Waals surface area contributed by atoms with Crippen molar-refractivity contribution in [3.8, 4) is 11.5 Å². The van der Waals surface area contributed by atoms with Crippen LogP contribution < -0.4 is 9.47 Å². The van der Waals surface area contributed by atoms with Gasteiger partial charge >= 0.3 is 5.97 Å². The molecule has 25 heavy (non-hydrogen) atoms. The zero-order chi connectivity index (χ0) is 18.6. The van der Waals surface area contributed by atoms with Crippen LogP contribution in [0.3, 0.4) is 0 Å². The van der Waals surface area contributed by atoms with E-state index in [2.05, 4.69) is 20.8 Å². The van der Waals surface area contributed by atoms with E-state index < -0.39 is 12.1 Å². The minimum Gasteiger partial charge on any atom is -0.496 e. The number of methoxy groups -OCH3 is 1. The number of carboxylic acids is 1. The summed E-state index contributed by atoms with van der Waals surface area (Å²) >= 11 is 6.01. The van der Waals surface area contributed by atoms with Crippen LogP contribution >= 0.6 is 11.6 Å². The first kappa shape index (κ1) is 19.1. The number of benzene rings is 2. The highest BCUT2D eigenvalue weighted by Gasteiger charge is 2.22. The minimum absolute atomic E-state index is 0.0267. The number of hydrogen-bond donors (Lipinski definition) is 1. The molecular formula is C20H23ClO4. The Morgan fingerprint density at radius 2 is 1.80 bits per heavy atom. The standard InChI is InChI=1S/C20H23ClO4/c1-20(2,3)14-5-8-16(9-6-14)25-18(19(22)23)12-13-11-15(21)7-10-17(13)24-4/h5-11,18H,12H2,1-4H3,(H,22,23). The number of hydrogen-bond acceptors (Lipinski definition) is 3. The predicted octanol–water partition coefficient (Wildman–Crippen LogP) is 4.72. The van der Waals surface area contributed by atoms with Crippen molar-refractivity contribution in [2.24, 2.45) is 0 Å². The Balaban J connectivity index is 2.19. The third-order valence-electron chi connectivity index (χ3n) is 3.92. The van der Waals surface area contributed by atoms with E-state index >= 15 is 0 Å². The Hall–Kier alpha value is -2.20. The highest BCUT2D eigenvalue weighted by atomic mass is 35.5. The van der Waals surface area contributed by atoms with Crippen molar-refractivity contribution >= 4 is 17.6 Å². The van der Waals surface area contributed by atoms with Crippen LogP contribution in [0.25, 0.3) is 0 Å². The van der Waals surface area contributed by atoms with Gasteiger partial charge in [-0.3, -0.25) is 0 Å². The number of carboxylic acid groups (broad SMARTS) is 1. The first-order valence-electron chi connectivity index (χ1n) is 8.03. The summed E-state index contributed by atoms with van der Waals surface area (Å²) in [5.41, 5.74) is 1.87. The van der Waals surface area contributed by atoms with Gasteiger partial charge in [0.1, 0.15) is 11.5 Å². The Labute approximate surface area is 153 Å². The van der Waals surface area contributed by atoms with E-state index in [0.717, 1.165) is 5.56 Å². The van der Waals surface area contributed by atoms with Gasteiger partial charge in [0, 0.05) is 11.4 Å². The van der Waals surface area contributed by atoms with Gasteiger partial charge in [-0.25, -0.2) is 4.79 Å². The van der Waals surface area contributed by atoms with Crippen LogP contribution in [0, 0.1) is 0 Å². The van der Waals surface area contributed by atoms with Crippen molar-refractivity contribution in [3.05, 3.63) is 58.6 Å². The fourth-order valence-electron chi connectivity index (χ4n) is 2.48. The third-order valence-corrected chi connectivity index (χ3v) is 4.16. The van der Waals surface area contributed by atoms with Gasteiger partial charge in [0.25, 0.3) is 0 Å². The molecule has 0 aromatic heterocycles. The lowest BCUT2D eigenvalue weighted by Gasteiger charge is -2.20. The minimum atomic E-state index is -1.04. The topological polar surface area (TPSA) is 55.8 Å². The molecule has 2 rings (SSSR count). The summed E-state index contributed by atoms with van der Waals surface area (Å²) in [4.78, 5) is 11.6. The van der Waals surface area contributed by atoms with E-state index in [1.54, 1.807) is 30.3 Å². The molecule has 0 aliphatic heterocycles. The molecule has 0 saturated carbocycles. The largest absolute Gasteiger partial charge is 0.496 e. The number of carbonyl (C=O) groups is 1. The van der Waals surface area contributed by atoms with Crippen LogP contribution in [0.5, 0.6) is 11.5 Å². The molecule has 0 spiro atoms. The quantitative estimate of drug-likeness (QED) is 0.807. The van der Waals surface area contributed by atoms with Gasteiger partial charge in [-0.2, -0.15) is 0 Å². The van der Waals surface area contributed by atoms with Crippen LogP contribution in [0.1, 0.15) is 31.9 Å². The summed E-state index contributed by atoms with van der Waals surface area (Å²) < 4.78 is 11.0. The van der Waals surface area contributed by atoms with Crippen molar-refractivity contribution in [3.63, 3.8) is 0 Å². The summed E-state index contributed by atoms with van der Waals surface area (Å²) in [5, 5.41) is 10.0. The molecule has 0 bridgehead atoms. The number of halogens is 1. The molecule has 2 aromatic rings. The first-order valence-corrected chi connectivity index (χ1v) is 8.41. The summed E-state index contributed by atoms with van der Waals surface area (Å²) in [7, 11) is 1.54. The fraction of sp³-hybridized carbons (Fsp3) is 0.350. The molecule has 1 N–H and O–H groups in total. The monoisotopic (exact) mass is 362 g/mol. The molecule has 0 radical (unpaired) electrons. The summed E-state index contributed by atoms with van der Waals surface area (Å²) in [6, 6.07) is 12.6. The maximum absolute atomic E-state index is 11.6. The Morgan fingerprint density at radius 3 is 2.32 bits per heavy atom. The zero-order valence-corrected chi connectivity index (χ0v) is 15.6. The Kier molecular flexibility index (Phi) is 5.96. The second-order valence-electron chi connectivity index (χ2n) is 6.88. The molecule has 5 heteroatoms. The molecule has 4 nitrogen and oxygen atoms in total. The highest BCUT2D eigenvalue weighted by molar-refractivity contribution is 6.30. The lowest BCUT2D eigenvalue weighted by molar-refractivity contribution is -0.145. The first-order chi connectivity index (χ1) is 11.7. The molecule has 0 fully saturated rings. The van der Waals surface area contributed by atoms with Crippen molar-refractivity contribution in [2.75, 3.05) is 7.11 Å². The van der Waals surface area contributed by atoms with Crippen molar-refractivity contribution in [1.82, 2.24) is 0 Å². The summed E-state index contributed by atoms with van der Waals surface area (Å²) in [5.74, 6) is 0.0608. The highest BCUT2D eigenvalue weighted by Crippen LogP contribution is 2.27.